The maximum Gasteiger partial charge on any atom is 0.255 e. The Bertz CT molecular complexity index is 1540. The number of aryl methyl sites for hydroxylation is 2. The highest BCUT2D eigenvalue weighted by Crippen LogP contribution is 2.40. The van der Waals surface area contributed by atoms with Crippen molar-refractivity contribution in [2.45, 2.75) is 26.4 Å². The van der Waals surface area contributed by atoms with Crippen molar-refractivity contribution in [2.75, 3.05) is 17.2 Å². The quantitative estimate of drug-likeness (QED) is 0.181. The minimum atomic E-state index is -0.950. The molecule has 5 aromatic carbocycles. The Balaban J connectivity index is 1.47. The van der Waals surface area contributed by atoms with Crippen LogP contribution in [0.1, 0.15) is 55.5 Å². The van der Waals surface area contributed by atoms with Gasteiger partial charge < -0.3 is 15.4 Å². The topological polar surface area (TPSA) is 67.4 Å². The SMILES string of the molecule is CCOC(c1ccccc1)(c1ccc(C(=O)Nc2ccc(C)cc2)cc1)c1ccc(C(=O)Nc2ccc(C)cc2)cc1. The number of rotatable bonds is 9. The summed E-state index contributed by atoms with van der Waals surface area (Å²) in [7, 11) is 0. The largest absolute Gasteiger partial charge is 0.361 e. The minimum Gasteiger partial charge on any atom is -0.361 e. The zero-order chi connectivity index (χ0) is 29.5. The van der Waals surface area contributed by atoms with Crippen LogP contribution in [0.5, 0.6) is 0 Å². The van der Waals surface area contributed by atoms with Crippen molar-refractivity contribution in [3.05, 3.63) is 166 Å². The lowest BCUT2D eigenvalue weighted by Crippen LogP contribution is -2.33. The molecule has 0 atom stereocenters. The molecule has 0 heterocycles. The summed E-state index contributed by atoms with van der Waals surface area (Å²) in [5.41, 5.74) is 6.58. The number of carbonyl (C=O) groups is 2. The number of anilines is 2. The summed E-state index contributed by atoms with van der Waals surface area (Å²) < 4.78 is 6.60. The molecule has 0 fully saturated rings. The summed E-state index contributed by atoms with van der Waals surface area (Å²) in [6.45, 7) is 6.43. The van der Waals surface area contributed by atoms with Gasteiger partial charge in [-0.1, -0.05) is 90.0 Å². The van der Waals surface area contributed by atoms with E-state index in [1.807, 2.05) is 148 Å². The van der Waals surface area contributed by atoms with Crippen LogP contribution in [-0.4, -0.2) is 18.4 Å². The van der Waals surface area contributed by atoms with Gasteiger partial charge in [0.2, 0.25) is 0 Å². The van der Waals surface area contributed by atoms with Crippen LogP contribution >= 0.6 is 0 Å². The van der Waals surface area contributed by atoms with Crippen LogP contribution < -0.4 is 10.6 Å². The van der Waals surface area contributed by atoms with Crippen LogP contribution in [0.4, 0.5) is 11.4 Å². The fourth-order valence-corrected chi connectivity index (χ4v) is 5.03. The molecule has 0 spiro atoms. The van der Waals surface area contributed by atoms with Crippen molar-refractivity contribution in [3.8, 4) is 0 Å². The monoisotopic (exact) mass is 554 g/mol. The van der Waals surface area contributed by atoms with Crippen molar-refractivity contribution in [1.82, 2.24) is 0 Å². The maximum atomic E-state index is 13.0. The number of nitrogens with one attached hydrogen (secondary N) is 2. The van der Waals surface area contributed by atoms with E-state index in [0.717, 1.165) is 39.2 Å². The number of carbonyl (C=O) groups excluding carboxylic acids is 2. The van der Waals surface area contributed by atoms with Gasteiger partial charge in [-0.05, 0) is 86.0 Å². The second-order valence-corrected chi connectivity index (χ2v) is 10.3. The molecule has 5 nitrogen and oxygen atoms in total. The van der Waals surface area contributed by atoms with Gasteiger partial charge in [-0.25, -0.2) is 0 Å². The van der Waals surface area contributed by atoms with Gasteiger partial charge >= 0.3 is 0 Å². The Labute approximate surface area is 247 Å². The third-order valence-corrected chi connectivity index (χ3v) is 7.27. The van der Waals surface area contributed by atoms with Crippen molar-refractivity contribution >= 4 is 23.2 Å². The van der Waals surface area contributed by atoms with Crippen LogP contribution in [0.3, 0.4) is 0 Å². The molecular formula is C37H34N2O3. The zero-order valence-electron chi connectivity index (χ0n) is 24.1. The first-order valence-corrected chi connectivity index (χ1v) is 14.1. The first kappa shape index (κ1) is 28.5. The molecule has 0 radical (unpaired) electrons. The molecule has 0 saturated heterocycles. The molecule has 0 aliphatic carbocycles. The first-order chi connectivity index (χ1) is 20.4. The molecule has 210 valence electrons. The van der Waals surface area contributed by atoms with E-state index >= 15 is 0 Å². The summed E-state index contributed by atoms with van der Waals surface area (Å²) in [6.07, 6.45) is 0. The summed E-state index contributed by atoms with van der Waals surface area (Å²) >= 11 is 0. The first-order valence-electron chi connectivity index (χ1n) is 14.1. The summed E-state index contributed by atoms with van der Waals surface area (Å²) in [5, 5.41) is 5.92. The predicted octanol–water partition coefficient (Wildman–Crippen LogP) is 8.14. The number of hydrogen-bond acceptors (Lipinski definition) is 3. The van der Waals surface area contributed by atoms with Gasteiger partial charge in [-0.2, -0.15) is 0 Å². The molecule has 5 heteroatoms. The predicted molar refractivity (Wildman–Crippen MR) is 169 cm³/mol. The lowest BCUT2D eigenvalue weighted by Gasteiger charge is -2.35. The summed E-state index contributed by atoms with van der Waals surface area (Å²) in [6, 6.07) is 40.4. The van der Waals surface area contributed by atoms with Gasteiger partial charge in [0, 0.05) is 29.1 Å². The van der Waals surface area contributed by atoms with E-state index in [4.69, 9.17) is 4.74 Å². The van der Waals surface area contributed by atoms with E-state index in [1.54, 1.807) is 0 Å². The standard InChI is InChI=1S/C37H34N2O3/c1-4-42-37(30-8-6-5-7-9-30,31-18-14-28(15-19-31)35(40)38-33-22-10-26(2)11-23-33)32-20-16-29(17-21-32)36(41)39-34-24-12-27(3)13-25-34/h5-25H,4H2,1-3H3,(H,38,40)(H,39,41). The van der Waals surface area contributed by atoms with E-state index in [0.29, 0.717) is 17.7 Å². The van der Waals surface area contributed by atoms with E-state index in [-0.39, 0.29) is 11.8 Å². The Morgan fingerprint density at radius 2 is 0.929 bits per heavy atom. The fourth-order valence-electron chi connectivity index (χ4n) is 5.03. The van der Waals surface area contributed by atoms with Crippen molar-refractivity contribution < 1.29 is 14.3 Å². The number of amides is 2. The van der Waals surface area contributed by atoms with Gasteiger partial charge in [0.05, 0.1) is 0 Å². The molecule has 42 heavy (non-hydrogen) atoms. The van der Waals surface area contributed by atoms with Crippen LogP contribution in [0, 0.1) is 13.8 Å². The Morgan fingerprint density at radius 3 is 1.31 bits per heavy atom. The van der Waals surface area contributed by atoms with Crippen molar-refractivity contribution in [3.63, 3.8) is 0 Å². The van der Waals surface area contributed by atoms with Gasteiger partial charge in [0.25, 0.3) is 11.8 Å². The third-order valence-electron chi connectivity index (χ3n) is 7.27. The van der Waals surface area contributed by atoms with Gasteiger partial charge in [-0.15, -0.1) is 0 Å². The summed E-state index contributed by atoms with van der Waals surface area (Å²) in [5.74, 6) is -0.368. The Hall–Kier alpha value is -5.00. The molecule has 0 aromatic heterocycles. The molecule has 2 amide bonds. The molecule has 5 aromatic rings. The van der Waals surface area contributed by atoms with E-state index in [9.17, 15) is 9.59 Å². The highest BCUT2D eigenvalue weighted by atomic mass is 16.5. The molecule has 0 aliphatic heterocycles. The van der Waals surface area contributed by atoms with E-state index < -0.39 is 5.60 Å². The third kappa shape index (κ3) is 6.17. The lowest BCUT2D eigenvalue weighted by atomic mass is 9.79. The molecule has 5 rings (SSSR count). The number of benzene rings is 5. The van der Waals surface area contributed by atoms with Crippen molar-refractivity contribution in [2.24, 2.45) is 0 Å². The lowest BCUT2D eigenvalue weighted by molar-refractivity contribution is 0.0215. The molecule has 2 N–H and O–H groups in total. The highest BCUT2D eigenvalue weighted by Gasteiger charge is 2.37. The van der Waals surface area contributed by atoms with Crippen LogP contribution in [0.15, 0.2) is 127 Å². The average molecular weight is 555 g/mol. The molecular weight excluding hydrogens is 520 g/mol. The highest BCUT2D eigenvalue weighted by molar-refractivity contribution is 6.05. The fraction of sp³-hybridized carbons (Fsp3) is 0.135. The number of hydrogen-bond donors (Lipinski definition) is 2. The van der Waals surface area contributed by atoms with Crippen LogP contribution in [0.25, 0.3) is 0 Å². The minimum absolute atomic E-state index is 0.184. The van der Waals surface area contributed by atoms with E-state index in [2.05, 4.69) is 10.6 Å². The second-order valence-electron chi connectivity index (χ2n) is 10.3. The Kier molecular flexibility index (Phi) is 8.60. The number of ether oxygens (including phenoxy) is 1. The molecule has 0 aliphatic rings. The second kappa shape index (κ2) is 12.7. The normalized spacial score (nSPS) is 11.1. The van der Waals surface area contributed by atoms with Crippen LogP contribution in [0.2, 0.25) is 0 Å². The van der Waals surface area contributed by atoms with Crippen molar-refractivity contribution in [1.29, 1.82) is 0 Å². The molecule has 0 saturated carbocycles. The zero-order valence-corrected chi connectivity index (χ0v) is 24.1. The van der Waals surface area contributed by atoms with Gasteiger partial charge in [-0.3, -0.25) is 9.59 Å². The smallest absolute Gasteiger partial charge is 0.255 e. The molecule has 0 unspecified atom stereocenters. The van der Waals surface area contributed by atoms with E-state index in [1.165, 1.54) is 0 Å². The van der Waals surface area contributed by atoms with Gasteiger partial charge in [0.1, 0.15) is 5.60 Å². The van der Waals surface area contributed by atoms with Crippen LogP contribution in [-0.2, 0) is 10.3 Å². The average Bonchev–Trinajstić information content (AvgIpc) is 3.03. The molecule has 0 bridgehead atoms. The van der Waals surface area contributed by atoms with Gasteiger partial charge in [0.15, 0.2) is 0 Å². The Morgan fingerprint density at radius 1 is 0.548 bits per heavy atom. The maximum absolute atomic E-state index is 13.0. The summed E-state index contributed by atoms with van der Waals surface area (Å²) in [4.78, 5) is 26.0.